The van der Waals surface area contributed by atoms with Gasteiger partial charge in [-0.05, 0) is 24.5 Å². The van der Waals surface area contributed by atoms with Gasteiger partial charge in [-0.2, -0.15) is 0 Å². The molecule has 0 aromatic heterocycles. The minimum absolute atomic E-state index is 0.0913. The Labute approximate surface area is 140 Å². The molecule has 130 valence electrons. The first-order chi connectivity index (χ1) is 10.5. The van der Waals surface area contributed by atoms with Crippen LogP contribution >= 0.6 is 0 Å². The molecule has 0 saturated heterocycles. The highest BCUT2D eigenvalue weighted by Gasteiger charge is 2.24. The lowest BCUT2D eigenvalue weighted by molar-refractivity contribution is -0.128. The Morgan fingerprint density at radius 3 is 2.35 bits per heavy atom. The predicted octanol–water partition coefficient (Wildman–Crippen LogP) is 2.49. The van der Waals surface area contributed by atoms with Crippen molar-refractivity contribution in [2.24, 2.45) is 5.41 Å². The van der Waals surface area contributed by atoms with E-state index in [-0.39, 0.29) is 19.0 Å². The number of amides is 1. The first-order valence-corrected chi connectivity index (χ1v) is 9.67. The predicted molar refractivity (Wildman–Crippen MR) is 95.2 cm³/mol. The summed E-state index contributed by atoms with van der Waals surface area (Å²) in [5.74, 6) is -0.0913. The third-order valence-corrected chi connectivity index (χ3v) is 4.80. The molecule has 1 amide bonds. The van der Waals surface area contributed by atoms with Gasteiger partial charge >= 0.3 is 0 Å². The summed E-state index contributed by atoms with van der Waals surface area (Å²) in [4.78, 5) is 11.9. The smallest absolute Gasteiger partial charge is 0.232 e. The van der Waals surface area contributed by atoms with Crippen LogP contribution in [-0.4, -0.2) is 33.7 Å². The van der Waals surface area contributed by atoms with E-state index in [1.165, 1.54) is 10.6 Å². The second-order valence-electron chi connectivity index (χ2n) is 6.78. The van der Waals surface area contributed by atoms with Gasteiger partial charge in [0.15, 0.2) is 0 Å². The number of rotatable bonds is 6. The van der Waals surface area contributed by atoms with Crippen molar-refractivity contribution in [3.8, 4) is 0 Å². The number of carbonyl (C=O) groups excluding carboxylic acids is 1. The van der Waals surface area contributed by atoms with E-state index < -0.39 is 15.4 Å². The van der Waals surface area contributed by atoms with E-state index in [0.29, 0.717) is 0 Å². The molecule has 5 nitrogen and oxygen atoms in total. The topological polar surface area (TPSA) is 66.5 Å². The number of benzene rings is 1. The summed E-state index contributed by atoms with van der Waals surface area (Å²) in [6.07, 6.45) is 1.95. The van der Waals surface area contributed by atoms with E-state index in [1.807, 2.05) is 52.8 Å². The highest BCUT2D eigenvalue weighted by atomic mass is 32.2. The van der Waals surface area contributed by atoms with Crippen molar-refractivity contribution in [3.05, 3.63) is 29.3 Å². The van der Waals surface area contributed by atoms with Crippen molar-refractivity contribution in [3.63, 3.8) is 0 Å². The van der Waals surface area contributed by atoms with Crippen LogP contribution in [0.1, 0.15) is 38.8 Å². The van der Waals surface area contributed by atoms with Crippen LogP contribution in [0, 0.1) is 12.3 Å². The molecular formula is C17H28N2O3S. The maximum Gasteiger partial charge on any atom is 0.232 e. The van der Waals surface area contributed by atoms with Crippen LogP contribution < -0.4 is 9.62 Å². The fourth-order valence-corrected chi connectivity index (χ4v) is 3.36. The molecule has 1 aromatic carbocycles. The van der Waals surface area contributed by atoms with Crippen LogP contribution in [0.2, 0.25) is 0 Å². The first-order valence-electron chi connectivity index (χ1n) is 7.83. The summed E-state index contributed by atoms with van der Waals surface area (Å²) in [5, 5.41) is 2.81. The number of hydrogen-bond donors (Lipinski definition) is 1. The normalized spacial score (nSPS) is 12.1. The molecule has 0 atom stereocenters. The summed E-state index contributed by atoms with van der Waals surface area (Å²) in [5.41, 5.74) is 2.13. The lowest BCUT2D eigenvalue weighted by Crippen LogP contribution is -2.42. The van der Waals surface area contributed by atoms with Gasteiger partial charge in [0.2, 0.25) is 15.9 Å². The second kappa shape index (κ2) is 7.34. The van der Waals surface area contributed by atoms with Crippen molar-refractivity contribution in [2.75, 3.05) is 23.7 Å². The zero-order valence-corrected chi connectivity index (χ0v) is 15.8. The zero-order chi connectivity index (χ0) is 17.8. The first kappa shape index (κ1) is 19.5. The van der Waals surface area contributed by atoms with Gasteiger partial charge < -0.3 is 5.32 Å². The molecule has 0 heterocycles. The van der Waals surface area contributed by atoms with Crippen LogP contribution in [-0.2, 0) is 21.2 Å². The van der Waals surface area contributed by atoms with E-state index in [4.69, 9.17) is 0 Å². The largest absolute Gasteiger partial charge is 0.354 e. The third-order valence-electron chi connectivity index (χ3n) is 3.63. The molecule has 0 aliphatic heterocycles. The standard InChI is InChI=1S/C17H28N2O3S/c1-7-14-10-8-9-13(2)15(14)19(23(6,21)22)12-11-18-16(20)17(3,4)5/h8-10H,7,11-12H2,1-6H3,(H,18,20). The van der Waals surface area contributed by atoms with Gasteiger partial charge in [-0.1, -0.05) is 45.9 Å². The summed E-state index contributed by atoms with van der Waals surface area (Å²) in [7, 11) is -3.42. The number of aryl methyl sites for hydroxylation is 2. The molecule has 0 aliphatic carbocycles. The van der Waals surface area contributed by atoms with E-state index >= 15 is 0 Å². The van der Waals surface area contributed by atoms with Crippen LogP contribution in [0.3, 0.4) is 0 Å². The Balaban J connectivity index is 3.03. The average molecular weight is 340 g/mol. The molecule has 0 spiro atoms. The highest BCUT2D eigenvalue weighted by molar-refractivity contribution is 7.92. The average Bonchev–Trinajstić information content (AvgIpc) is 2.41. The van der Waals surface area contributed by atoms with Gasteiger partial charge in [-0.3, -0.25) is 9.10 Å². The molecule has 0 unspecified atom stereocenters. The summed E-state index contributed by atoms with van der Waals surface area (Å²) in [6, 6.07) is 5.77. The van der Waals surface area contributed by atoms with Gasteiger partial charge in [0, 0.05) is 12.0 Å². The Morgan fingerprint density at radius 2 is 1.87 bits per heavy atom. The zero-order valence-electron chi connectivity index (χ0n) is 14.9. The van der Waals surface area contributed by atoms with Crippen molar-refractivity contribution in [1.82, 2.24) is 5.32 Å². The molecule has 1 rings (SSSR count). The van der Waals surface area contributed by atoms with Crippen LogP contribution in [0.15, 0.2) is 18.2 Å². The van der Waals surface area contributed by atoms with Gasteiger partial charge in [0.25, 0.3) is 0 Å². The molecule has 6 heteroatoms. The van der Waals surface area contributed by atoms with Crippen LogP contribution in [0.5, 0.6) is 0 Å². The molecule has 0 fully saturated rings. The summed E-state index contributed by atoms with van der Waals surface area (Å²) < 4.78 is 25.9. The molecule has 0 bridgehead atoms. The minimum Gasteiger partial charge on any atom is -0.354 e. The van der Waals surface area contributed by atoms with Crippen LogP contribution in [0.4, 0.5) is 5.69 Å². The van der Waals surface area contributed by atoms with Crippen molar-refractivity contribution < 1.29 is 13.2 Å². The molecule has 23 heavy (non-hydrogen) atoms. The van der Waals surface area contributed by atoms with Crippen molar-refractivity contribution in [2.45, 2.75) is 41.0 Å². The molecule has 0 saturated carbocycles. The number of nitrogens with zero attached hydrogens (tertiary/aromatic N) is 1. The maximum absolute atomic E-state index is 12.2. The van der Waals surface area contributed by atoms with E-state index in [9.17, 15) is 13.2 Å². The number of anilines is 1. The number of nitrogens with one attached hydrogen (secondary N) is 1. The van der Waals surface area contributed by atoms with Gasteiger partial charge in [0.05, 0.1) is 18.5 Å². The molecular weight excluding hydrogens is 312 g/mol. The van der Waals surface area contributed by atoms with E-state index in [2.05, 4.69) is 5.32 Å². The maximum atomic E-state index is 12.2. The molecule has 0 aliphatic rings. The number of para-hydroxylation sites is 1. The molecule has 1 aromatic rings. The van der Waals surface area contributed by atoms with Crippen molar-refractivity contribution >= 4 is 21.6 Å². The van der Waals surface area contributed by atoms with E-state index in [0.717, 1.165) is 23.2 Å². The number of hydrogen-bond acceptors (Lipinski definition) is 3. The van der Waals surface area contributed by atoms with Gasteiger partial charge in [-0.15, -0.1) is 0 Å². The third kappa shape index (κ3) is 5.23. The monoisotopic (exact) mass is 340 g/mol. The van der Waals surface area contributed by atoms with Gasteiger partial charge in [0.1, 0.15) is 0 Å². The SMILES string of the molecule is CCc1cccc(C)c1N(CCNC(=O)C(C)(C)C)S(C)(=O)=O. The Kier molecular flexibility index (Phi) is 6.22. The lowest BCUT2D eigenvalue weighted by atomic mass is 9.96. The fraction of sp³-hybridized carbons (Fsp3) is 0.588. The Bertz CT molecular complexity index is 661. The Hall–Kier alpha value is -1.56. The number of sulfonamides is 1. The summed E-state index contributed by atoms with van der Waals surface area (Å²) in [6.45, 7) is 9.88. The minimum atomic E-state index is -3.42. The van der Waals surface area contributed by atoms with Gasteiger partial charge in [-0.25, -0.2) is 8.42 Å². The summed E-state index contributed by atoms with van der Waals surface area (Å²) >= 11 is 0. The highest BCUT2D eigenvalue weighted by Crippen LogP contribution is 2.27. The quantitative estimate of drug-likeness (QED) is 0.865. The molecule has 0 radical (unpaired) electrons. The van der Waals surface area contributed by atoms with E-state index in [1.54, 1.807) is 0 Å². The lowest BCUT2D eigenvalue weighted by Gasteiger charge is -2.27. The number of carbonyl (C=O) groups is 1. The van der Waals surface area contributed by atoms with Crippen LogP contribution in [0.25, 0.3) is 0 Å². The van der Waals surface area contributed by atoms with Crippen molar-refractivity contribution in [1.29, 1.82) is 0 Å². The molecule has 1 N–H and O–H groups in total. The fourth-order valence-electron chi connectivity index (χ4n) is 2.34. The Morgan fingerprint density at radius 1 is 1.26 bits per heavy atom. The second-order valence-corrected chi connectivity index (χ2v) is 8.68.